The van der Waals surface area contributed by atoms with Gasteiger partial charge in [0.2, 0.25) is 5.78 Å². The van der Waals surface area contributed by atoms with E-state index < -0.39 is 17.9 Å². The zero-order valence-corrected chi connectivity index (χ0v) is 12.7. The Kier molecular flexibility index (Phi) is 4.63. The molecule has 1 aromatic rings. The third-order valence-corrected chi connectivity index (χ3v) is 5.41. The summed E-state index contributed by atoms with van der Waals surface area (Å²) < 4.78 is 17.5. The highest BCUT2D eigenvalue weighted by atomic mass is 35.5. The molecule has 0 radical (unpaired) electrons. The second-order valence-electron chi connectivity index (χ2n) is 5.06. The smallest absolute Gasteiger partial charge is 0.200 e. The number of hydrogen-bond acceptors (Lipinski definition) is 3. The topological polar surface area (TPSA) is 43.4 Å². The van der Waals surface area contributed by atoms with Crippen LogP contribution in [0.2, 0.25) is 0 Å². The van der Waals surface area contributed by atoms with Crippen molar-refractivity contribution in [3.05, 3.63) is 30.3 Å². The van der Waals surface area contributed by atoms with E-state index in [0.29, 0.717) is 5.75 Å². The highest BCUT2D eigenvalue weighted by molar-refractivity contribution is 7.65. The molecule has 0 amide bonds. The van der Waals surface area contributed by atoms with Gasteiger partial charge in [-0.15, -0.1) is 11.6 Å². The molecule has 0 aromatic heterocycles. The van der Waals surface area contributed by atoms with E-state index in [1.165, 1.54) is 13.3 Å². The molecule has 0 spiro atoms. The molecule has 1 unspecified atom stereocenters. The van der Waals surface area contributed by atoms with Crippen molar-refractivity contribution in [2.75, 3.05) is 13.3 Å². The Morgan fingerprint density at radius 2 is 1.78 bits per heavy atom. The molecule has 18 heavy (non-hydrogen) atoms. The first kappa shape index (κ1) is 15.3. The van der Waals surface area contributed by atoms with Crippen LogP contribution in [-0.4, -0.2) is 29.8 Å². The second-order valence-corrected chi connectivity index (χ2v) is 9.19. The number of hydrogen-bond donors (Lipinski definition) is 0. The van der Waals surface area contributed by atoms with Crippen LogP contribution in [0.25, 0.3) is 0 Å². The minimum Gasteiger partial charge on any atom is -0.480 e. The van der Waals surface area contributed by atoms with Gasteiger partial charge in [-0.25, -0.2) is 0 Å². The van der Waals surface area contributed by atoms with Crippen molar-refractivity contribution in [1.82, 2.24) is 0 Å². The second kappa shape index (κ2) is 5.46. The fourth-order valence-electron chi connectivity index (χ4n) is 1.40. The molecule has 5 heteroatoms. The molecule has 0 aliphatic carbocycles. The normalized spacial score (nSPS) is 14.1. The lowest BCUT2D eigenvalue weighted by Crippen LogP contribution is -2.42. The molecular formula is C13H18ClO3P. The minimum absolute atomic E-state index is 0.360. The van der Waals surface area contributed by atoms with Gasteiger partial charge in [0.15, 0.2) is 5.60 Å². The molecule has 0 heterocycles. The van der Waals surface area contributed by atoms with Crippen LogP contribution in [0.15, 0.2) is 30.3 Å². The summed E-state index contributed by atoms with van der Waals surface area (Å²) in [6.07, 6.45) is 0. The predicted octanol–water partition coefficient (Wildman–Crippen LogP) is 3.60. The summed E-state index contributed by atoms with van der Waals surface area (Å²) in [6, 6.07) is 9.01. The van der Waals surface area contributed by atoms with E-state index in [-0.39, 0.29) is 5.78 Å². The molecule has 1 atom stereocenters. The third-order valence-electron chi connectivity index (χ3n) is 2.47. The maximum Gasteiger partial charge on any atom is 0.200 e. The number of para-hydroxylation sites is 1. The molecule has 0 N–H and O–H groups in total. The van der Waals surface area contributed by atoms with Crippen LogP contribution in [0.4, 0.5) is 0 Å². The fraction of sp³-hybridized carbons (Fsp3) is 0.462. The van der Waals surface area contributed by atoms with Crippen LogP contribution in [0, 0.1) is 0 Å². The van der Waals surface area contributed by atoms with Crippen LogP contribution in [-0.2, 0) is 9.36 Å². The van der Waals surface area contributed by atoms with Crippen molar-refractivity contribution in [2.45, 2.75) is 24.6 Å². The van der Waals surface area contributed by atoms with Crippen molar-refractivity contribution in [2.24, 2.45) is 0 Å². The molecule has 1 rings (SSSR count). The van der Waals surface area contributed by atoms with E-state index in [2.05, 4.69) is 0 Å². The summed E-state index contributed by atoms with van der Waals surface area (Å²) in [6.45, 7) is 6.27. The molecular weight excluding hydrogens is 271 g/mol. The molecule has 0 saturated carbocycles. The van der Waals surface area contributed by atoms with Gasteiger partial charge in [-0.05, 0) is 39.3 Å². The maximum absolute atomic E-state index is 12.2. The van der Waals surface area contributed by atoms with Crippen molar-refractivity contribution < 1.29 is 14.1 Å². The Hall–Kier alpha value is -0.790. The summed E-state index contributed by atoms with van der Waals surface area (Å²) in [4.78, 5) is 12.2. The quantitative estimate of drug-likeness (QED) is 0.614. The molecule has 0 fully saturated rings. The van der Waals surface area contributed by atoms with E-state index in [9.17, 15) is 9.36 Å². The zero-order valence-electron chi connectivity index (χ0n) is 11.0. The Morgan fingerprint density at radius 3 is 2.22 bits per heavy atom. The average molecular weight is 289 g/mol. The highest BCUT2D eigenvalue weighted by Gasteiger charge is 2.40. The first-order valence-electron chi connectivity index (χ1n) is 5.62. The highest BCUT2D eigenvalue weighted by Crippen LogP contribution is 2.46. The van der Waals surface area contributed by atoms with Gasteiger partial charge in [0.25, 0.3) is 0 Å². The number of carbonyl (C=O) groups is 1. The molecule has 100 valence electrons. The number of Topliss-reactive ketones (excluding diaryl/α,β-unsaturated/α-hetero) is 1. The molecule has 0 aliphatic heterocycles. The summed E-state index contributed by atoms with van der Waals surface area (Å²) in [7, 11) is -2.68. The van der Waals surface area contributed by atoms with E-state index in [1.807, 2.05) is 18.2 Å². The number of benzene rings is 1. The van der Waals surface area contributed by atoms with Gasteiger partial charge in [0.05, 0.1) is 0 Å². The molecule has 3 nitrogen and oxygen atoms in total. The van der Waals surface area contributed by atoms with Crippen LogP contribution < -0.4 is 4.74 Å². The number of alkyl halides is 1. The summed E-state index contributed by atoms with van der Waals surface area (Å²) in [5, 5.41) is -1.02. The van der Waals surface area contributed by atoms with Crippen molar-refractivity contribution >= 4 is 24.5 Å². The van der Waals surface area contributed by atoms with Crippen molar-refractivity contribution in [3.63, 3.8) is 0 Å². The summed E-state index contributed by atoms with van der Waals surface area (Å²) in [5.74, 6) is 0.225. The zero-order chi connectivity index (χ0) is 14.0. The first-order chi connectivity index (χ1) is 8.14. The SMILES string of the molecule is CC(C)(Oc1ccccc1)C(=O)C(Cl)P(C)(C)=O. The predicted molar refractivity (Wildman–Crippen MR) is 75.3 cm³/mol. The van der Waals surface area contributed by atoms with Gasteiger partial charge in [-0.1, -0.05) is 18.2 Å². The lowest BCUT2D eigenvalue weighted by molar-refractivity contribution is -0.130. The molecule has 1 aromatic carbocycles. The fourth-order valence-corrected chi connectivity index (χ4v) is 2.54. The third kappa shape index (κ3) is 3.86. The standard InChI is InChI=1S/C13H18ClO3P/c1-13(2,11(15)12(14)18(3,4)16)17-10-8-6-5-7-9-10/h5-9,12H,1-4H3. The van der Waals surface area contributed by atoms with Gasteiger partial charge < -0.3 is 9.30 Å². The number of rotatable bonds is 5. The van der Waals surface area contributed by atoms with E-state index in [1.54, 1.807) is 26.0 Å². The van der Waals surface area contributed by atoms with Crippen molar-refractivity contribution in [3.8, 4) is 5.75 Å². The average Bonchev–Trinajstić information content (AvgIpc) is 2.26. The first-order valence-corrected chi connectivity index (χ1v) is 8.72. The number of ether oxygens (including phenoxy) is 1. The van der Waals surface area contributed by atoms with E-state index in [0.717, 1.165) is 0 Å². The van der Waals surface area contributed by atoms with Crippen LogP contribution >= 0.6 is 18.7 Å². The Bertz CT molecular complexity index is 464. The van der Waals surface area contributed by atoms with Gasteiger partial charge in [-0.3, -0.25) is 4.79 Å². The Morgan fingerprint density at radius 1 is 1.28 bits per heavy atom. The van der Waals surface area contributed by atoms with Crippen LogP contribution in [0.1, 0.15) is 13.8 Å². The van der Waals surface area contributed by atoms with Crippen LogP contribution in [0.5, 0.6) is 5.75 Å². The summed E-state index contributed by atoms with van der Waals surface area (Å²) >= 11 is 5.97. The lowest BCUT2D eigenvalue weighted by atomic mass is 10.0. The number of ketones is 1. The van der Waals surface area contributed by atoms with E-state index in [4.69, 9.17) is 16.3 Å². The van der Waals surface area contributed by atoms with Gasteiger partial charge in [-0.2, -0.15) is 0 Å². The number of halogens is 1. The maximum atomic E-state index is 12.2. The Balaban J connectivity index is 2.87. The molecule has 0 bridgehead atoms. The Labute approximate surface area is 113 Å². The van der Waals surface area contributed by atoms with Gasteiger partial charge in [0, 0.05) is 0 Å². The van der Waals surface area contributed by atoms with Gasteiger partial charge in [0.1, 0.15) is 18.0 Å². The summed E-state index contributed by atoms with van der Waals surface area (Å²) in [5.41, 5.74) is -1.10. The van der Waals surface area contributed by atoms with Gasteiger partial charge >= 0.3 is 0 Å². The largest absolute Gasteiger partial charge is 0.480 e. The molecule has 0 aliphatic rings. The number of carbonyl (C=O) groups excluding carboxylic acids is 1. The lowest BCUT2D eigenvalue weighted by Gasteiger charge is -2.28. The monoisotopic (exact) mass is 288 g/mol. The van der Waals surface area contributed by atoms with E-state index >= 15 is 0 Å². The van der Waals surface area contributed by atoms with Crippen LogP contribution in [0.3, 0.4) is 0 Å². The molecule has 0 saturated heterocycles. The van der Waals surface area contributed by atoms with Crippen molar-refractivity contribution in [1.29, 1.82) is 0 Å². The minimum atomic E-state index is -2.68.